The Balaban J connectivity index is 2.20. The van der Waals surface area contributed by atoms with Crippen LogP contribution in [0.15, 0.2) is 18.2 Å². The molecule has 1 saturated carbocycles. The molecule has 0 atom stereocenters. The normalized spacial score (nSPS) is 20.5. The lowest BCUT2D eigenvalue weighted by molar-refractivity contribution is -0.118. The van der Waals surface area contributed by atoms with Gasteiger partial charge in [-0.3, -0.25) is 4.79 Å². The van der Waals surface area contributed by atoms with Gasteiger partial charge in [-0.15, -0.1) is 0 Å². The number of rotatable bonds is 2. The van der Waals surface area contributed by atoms with Crippen molar-refractivity contribution in [3.8, 4) is 0 Å². The number of nitrogen functional groups attached to an aromatic ring is 1. The predicted molar refractivity (Wildman–Crippen MR) is 75.3 cm³/mol. The predicted octanol–water partition coefficient (Wildman–Crippen LogP) is 3.20. The minimum absolute atomic E-state index is 0.0454. The molecule has 3 N–H and O–H groups in total. The summed E-state index contributed by atoms with van der Waals surface area (Å²) in [5.41, 5.74) is 8.39. The van der Waals surface area contributed by atoms with Gasteiger partial charge >= 0.3 is 0 Å². The number of carbonyl (C=O) groups is 1. The number of benzene rings is 1. The molecule has 1 amide bonds. The minimum Gasteiger partial charge on any atom is -0.397 e. The summed E-state index contributed by atoms with van der Waals surface area (Å²) in [4.78, 5) is 12.3. The zero-order valence-corrected chi connectivity index (χ0v) is 11.8. The van der Waals surface area contributed by atoms with E-state index in [0.717, 1.165) is 11.3 Å². The number of aryl methyl sites for hydroxylation is 1. The largest absolute Gasteiger partial charge is 0.397 e. The molecule has 0 spiro atoms. The molecule has 3 nitrogen and oxygen atoms in total. The lowest BCUT2D eigenvalue weighted by Gasteiger charge is -2.11. The fourth-order valence-electron chi connectivity index (χ4n) is 2.91. The van der Waals surface area contributed by atoms with E-state index in [1.165, 1.54) is 0 Å². The van der Waals surface area contributed by atoms with Gasteiger partial charge in [-0.2, -0.15) is 0 Å². The summed E-state index contributed by atoms with van der Waals surface area (Å²) < 4.78 is 0. The van der Waals surface area contributed by atoms with Crippen LogP contribution in [-0.2, 0) is 4.79 Å². The van der Waals surface area contributed by atoms with Gasteiger partial charge in [0.2, 0.25) is 5.91 Å². The van der Waals surface area contributed by atoms with Crippen LogP contribution in [-0.4, -0.2) is 5.91 Å². The maximum absolute atomic E-state index is 12.3. The average Bonchev–Trinajstić information content (AvgIpc) is 2.63. The molecule has 1 aromatic carbocycles. The maximum Gasteiger partial charge on any atom is 0.228 e. The first-order valence-corrected chi connectivity index (χ1v) is 6.35. The summed E-state index contributed by atoms with van der Waals surface area (Å²) in [6.45, 7) is 10.5. The quantitative estimate of drug-likeness (QED) is 0.787. The van der Waals surface area contributed by atoms with E-state index in [-0.39, 0.29) is 22.7 Å². The highest BCUT2D eigenvalue weighted by Gasteiger charge is 2.68. The molecule has 18 heavy (non-hydrogen) atoms. The van der Waals surface area contributed by atoms with Crippen molar-refractivity contribution < 1.29 is 4.79 Å². The second-order valence-corrected chi connectivity index (χ2v) is 6.40. The van der Waals surface area contributed by atoms with Crippen LogP contribution in [0.3, 0.4) is 0 Å². The van der Waals surface area contributed by atoms with Crippen molar-refractivity contribution >= 4 is 17.3 Å². The highest BCUT2D eigenvalue weighted by atomic mass is 16.2. The standard InChI is InChI=1S/C15H22N2O/c1-9-7-6-8-10(16)11(9)17-13(18)12-14(2,3)15(12,4)5/h6-8,12H,16H2,1-5H3,(H,17,18). The van der Waals surface area contributed by atoms with Crippen LogP contribution in [0.25, 0.3) is 0 Å². The van der Waals surface area contributed by atoms with Crippen LogP contribution >= 0.6 is 0 Å². The number of hydrogen-bond acceptors (Lipinski definition) is 2. The van der Waals surface area contributed by atoms with Gasteiger partial charge in [-0.1, -0.05) is 39.8 Å². The fraction of sp³-hybridized carbons (Fsp3) is 0.533. The third kappa shape index (κ3) is 1.69. The topological polar surface area (TPSA) is 55.1 Å². The van der Waals surface area contributed by atoms with Crippen LogP contribution < -0.4 is 11.1 Å². The Kier molecular flexibility index (Phi) is 2.69. The Hall–Kier alpha value is -1.51. The Labute approximate surface area is 109 Å². The number of anilines is 2. The minimum atomic E-state index is 0.0454. The third-order valence-electron chi connectivity index (χ3n) is 4.84. The fourth-order valence-corrected chi connectivity index (χ4v) is 2.91. The van der Waals surface area contributed by atoms with Gasteiger partial charge in [-0.25, -0.2) is 0 Å². The summed E-state index contributed by atoms with van der Waals surface area (Å²) in [5.74, 6) is 0.120. The van der Waals surface area contributed by atoms with Crippen molar-refractivity contribution in [3.63, 3.8) is 0 Å². The first kappa shape index (κ1) is 12.9. The van der Waals surface area contributed by atoms with E-state index < -0.39 is 0 Å². The molecular weight excluding hydrogens is 224 g/mol. The number of para-hydroxylation sites is 1. The van der Waals surface area contributed by atoms with Crippen LogP contribution in [0, 0.1) is 23.7 Å². The van der Waals surface area contributed by atoms with Crippen molar-refractivity contribution in [1.29, 1.82) is 0 Å². The number of carbonyl (C=O) groups excluding carboxylic acids is 1. The molecule has 3 heteroatoms. The van der Waals surface area contributed by atoms with E-state index in [1.54, 1.807) is 0 Å². The molecule has 0 radical (unpaired) electrons. The van der Waals surface area contributed by atoms with Gasteiger partial charge < -0.3 is 11.1 Å². The summed E-state index contributed by atoms with van der Waals surface area (Å²) in [6.07, 6.45) is 0. The Morgan fingerprint density at radius 1 is 1.22 bits per heavy atom. The van der Waals surface area contributed by atoms with Gasteiger partial charge in [0, 0.05) is 5.92 Å². The van der Waals surface area contributed by atoms with Crippen LogP contribution in [0.2, 0.25) is 0 Å². The Morgan fingerprint density at radius 2 is 1.78 bits per heavy atom. The summed E-state index contributed by atoms with van der Waals surface area (Å²) in [7, 11) is 0. The van der Waals surface area contributed by atoms with Crippen LogP contribution in [0.4, 0.5) is 11.4 Å². The molecule has 1 aromatic rings. The lowest BCUT2D eigenvalue weighted by atomic mass is 10.0. The van der Waals surface area contributed by atoms with E-state index >= 15 is 0 Å². The van der Waals surface area contributed by atoms with Gasteiger partial charge in [0.05, 0.1) is 11.4 Å². The number of hydrogen-bond donors (Lipinski definition) is 2. The molecular formula is C15H22N2O. The molecule has 1 aliphatic carbocycles. The number of nitrogens with one attached hydrogen (secondary N) is 1. The summed E-state index contributed by atoms with van der Waals surface area (Å²) >= 11 is 0. The van der Waals surface area contributed by atoms with E-state index in [1.807, 2.05) is 25.1 Å². The molecule has 0 unspecified atom stereocenters. The first-order chi connectivity index (χ1) is 8.19. The highest BCUT2D eigenvalue weighted by molar-refractivity contribution is 5.99. The average molecular weight is 246 g/mol. The van der Waals surface area contributed by atoms with Gasteiger partial charge in [-0.05, 0) is 29.4 Å². The Bertz CT molecular complexity index is 469. The van der Waals surface area contributed by atoms with Gasteiger partial charge in [0.25, 0.3) is 0 Å². The van der Waals surface area contributed by atoms with E-state index in [0.29, 0.717) is 5.69 Å². The zero-order valence-electron chi connectivity index (χ0n) is 11.8. The molecule has 0 bridgehead atoms. The summed E-state index contributed by atoms with van der Waals surface area (Å²) in [6, 6.07) is 5.66. The van der Waals surface area contributed by atoms with E-state index in [9.17, 15) is 4.79 Å². The molecule has 0 saturated heterocycles. The maximum atomic E-state index is 12.3. The van der Waals surface area contributed by atoms with Crippen molar-refractivity contribution in [2.24, 2.45) is 16.7 Å². The zero-order chi connectivity index (χ0) is 13.7. The molecule has 0 aliphatic heterocycles. The molecule has 0 heterocycles. The molecule has 98 valence electrons. The molecule has 2 rings (SSSR count). The van der Waals surface area contributed by atoms with Crippen molar-refractivity contribution in [3.05, 3.63) is 23.8 Å². The van der Waals surface area contributed by atoms with E-state index in [4.69, 9.17) is 5.73 Å². The van der Waals surface area contributed by atoms with Crippen molar-refractivity contribution in [2.45, 2.75) is 34.6 Å². The second kappa shape index (κ2) is 3.74. The van der Waals surface area contributed by atoms with Crippen molar-refractivity contribution in [1.82, 2.24) is 0 Å². The molecule has 1 aliphatic rings. The monoisotopic (exact) mass is 246 g/mol. The van der Waals surface area contributed by atoms with Crippen LogP contribution in [0.1, 0.15) is 33.3 Å². The van der Waals surface area contributed by atoms with Gasteiger partial charge in [0.15, 0.2) is 0 Å². The summed E-state index contributed by atoms with van der Waals surface area (Å²) in [5, 5.41) is 2.99. The first-order valence-electron chi connectivity index (χ1n) is 6.35. The van der Waals surface area contributed by atoms with E-state index in [2.05, 4.69) is 33.0 Å². The number of amides is 1. The Morgan fingerprint density at radius 3 is 2.22 bits per heavy atom. The van der Waals surface area contributed by atoms with Gasteiger partial charge in [0.1, 0.15) is 0 Å². The number of nitrogens with two attached hydrogens (primary N) is 1. The SMILES string of the molecule is Cc1cccc(N)c1NC(=O)C1C(C)(C)C1(C)C. The van der Waals surface area contributed by atoms with Crippen molar-refractivity contribution in [2.75, 3.05) is 11.1 Å². The van der Waals surface area contributed by atoms with Crippen LogP contribution in [0.5, 0.6) is 0 Å². The lowest BCUT2D eigenvalue weighted by Crippen LogP contribution is -2.19. The smallest absolute Gasteiger partial charge is 0.228 e. The molecule has 1 fully saturated rings. The highest BCUT2D eigenvalue weighted by Crippen LogP contribution is 2.68. The molecule has 0 aromatic heterocycles. The second-order valence-electron chi connectivity index (χ2n) is 6.40. The third-order valence-corrected chi connectivity index (χ3v) is 4.84.